The number of hydrogen-bond donors (Lipinski definition) is 2. The number of aliphatic hydroxyl groups excluding tert-OH is 1. The van der Waals surface area contributed by atoms with Crippen LogP contribution in [-0.4, -0.2) is 12.2 Å². The van der Waals surface area contributed by atoms with Gasteiger partial charge in [-0.05, 0) is 42.7 Å². The van der Waals surface area contributed by atoms with Crippen molar-refractivity contribution >= 4 is 0 Å². The van der Waals surface area contributed by atoms with Gasteiger partial charge in [0.25, 0.3) is 0 Å². The molecule has 4 heteroatoms. The van der Waals surface area contributed by atoms with E-state index in [0.717, 1.165) is 16.7 Å². The highest BCUT2D eigenvalue weighted by Gasteiger charge is 2.13. The van der Waals surface area contributed by atoms with E-state index in [0.29, 0.717) is 0 Å². The zero-order valence-electron chi connectivity index (χ0n) is 13.1. The van der Waals surface area contributed by atoms with Gasteiger partial charge in [-0.25, -0.2) is 4.39 Å². The highest BCUT2D eigenvalue weighted by molar-refractivity contribution is 5.31. The molecule has 0 saturated carbocycles. The van der Waals surface area contributed by atoms with E-state index in [1.54, 1.807) is 6.07 Å². The van der Waals surface area contributed by atoms with Crippen molar-refractivity contribution in [3.8, 4) is 5.75 Å². The molecule has 0 amide bonds. The van der Waals surface area contributed by atoms with Crippen LogP contribution in [0.3, 0.4) is 0 Å². The van der Waals surface area contributed by atoms with Crippen LogP contribution in [0.2, 0.25) is 0 Å². The normalized spacial score (nSPS) is 13.7. The van der Waals surface area contributed by atoms with Gasteiger partial charge in [0, 0.05) is 12.1 Å². The number of benzene rings is 2. The fraction of sp³-hybridized carbons (Fsp3) is 0.333. The molecular weight excluding hydrogens is 281 g/mol. The van der Waals surface area contributed by atoms with E-state index in [-0.39, 0.29) is 30.3 Å². The van der Waals surface area contributed by atoms with Gasteiger partial charge in [-0.2, -0.15) is 0 Å². The van der Waals surface area contributed by atoms with Gasteiger partial charge >= 0.3 is 0 Å². The predicted molar refractivity (Wildman–Crippen MR) is 85.3 cm³/mol. The zero-order valence-corrected chi connectivity index (χ0v) is 13.1. The predicted octanol–water partition coefficient (Wildman–Crippen LogP) is 3.74. The lowest BCUT2D eigenvalue weighted by Crippen LogP contribution is -2.22. The summed E-state index contributed by atoms with van der Waals surface area (Å²) < 4.78 is 18.7. The number of methoxy groups -OCH3 is 1. The first-order chi connectivity index (χ1) is 10.5. The van der Waals surface area contributed by atoms with Crippen molar-refractivity contribution in [2.45, 2.75) is 32.5 Å². The van der Waals surface area contributed by atoms with Gasteiger partial charge in [-0.15, -0.1) is 0 Å². The van der Waals surface area contributed by atoms with Crippen LogP contribution in [0, 0.1) is 5.82 Å². The first-order valence-electron chi connectivity index (χ1n) is 7.34. The molecule has 0 aliphatic carbocycles. The van der Waals surface area contributed by atoms with Crippen LogP contribution in [0.15, 0.2) is 42.5 Å². The van der Waals surface area contributed by atoms with Gasteiger partial charge in [0.1, 0.15) is 0 Å². The molecule has 0 aliphatic rings. The van der Waals surface area contributed by atoms with Gasteiger partial charge in [0.05, 0.1) is 13.7 Å². The zero-order chi connectivity index (χ0) is 16.1. The minimum Gasteiger partial charge on any atom is -0.494 e. The lowest BCUT2D eigenvalue weighted by atomic mass is 10.0. The van der Waals surface area contributed by atoms with Gasteiger partial charge in [-0.3, -0.25) is 0 Å². The number of nitrogens with one attached hydrogen (secondary N) is 1. The maximum atomic E-state index is 13.8. The quantitative estimate of drug-likeness (QED) is 0.854. The maximum Gasteiger partial charge on any atom is 0.165 e. The summed E-state index contributed by atoms with van der Waals surface area (Å²) >= 11 is 0. The molecule has 0 aromatic heterocycles. The van der Waals surface area contributed by atoms with Gasteiger partial charge in [0.15, 0.2) is 11.6 Å². The summed E-state index contributed by atoms with van der Waals surface area (Å²) in [6, 6.07) is 12.9. The lowest BCUT2D eigenvalue weighted by molar-refractivity contribution is 0.281. The molecule has 2 N–H and O–H groups in total. The molecule has 2 unspecified atom stereocenters. The smallest absolute Gasteiger partial charge is 0.165 e. The molecule has 22 heavy (non-hydrogen) atoms. The van der Waals surface area contributed by atoms with E-state index in [1.165, 1.54) is 13.2 Å². The Labute approximate surface area is 130 Å². The Kier molecular flexibility index (Phi) is 5.52. The average Bonchev–Trinajstić information content (AvgIpc) is 2.54. The summed E-state index contributed by atoms with van der Waals surface area (Å²) in [5.74, 6) is -0.108. The molecule has 118 valence electrons. The third-order valence-electron chi connectivity index (χ3n) is 3.81. The Morgan fingerprint density at radius 2 is 1.77 bits per heavy atom. The minimum atomic E-state index is -0.358. The minimum absolute atomic E-state index is 0.00631. The molecule has 0 heterocycles. The molecular formula is C18H22FNO2. The largest absolute Gasteiger partial charge is 0.494 e. The molecule has 2 aromatic rings. The Bertz CT molecular complexity index is 630. The summed E-state index contributed by atoms with van der Waals surface area (Å²) in [6.07, 6.45) is 0. The van der Waals surface area contributed by atoms with E-state index in [9.17, 15) is 9.50 Å². The molecule has 0 fully saturated rings. The Balaban J connectivity index is 2.10. The Morgan fingerprint density at radius 1 is 1.09 bits per heavy atom. The van der Waals surface area contributed by atoms with E-state index in [1.807, 2.05) is 44.2 Å². The molecule has 0 aliphatic heterocycles. The third kappa shape index (κ3) is 3.84. The second-order valence-corrected chi connectivity index (χ2v) is 5.41. The van der Waals surface area contributed by atoms with E-state index >= 15 is 0 Å². The fourth-order valence-corrected chi connectivity index (χ4v) is 2.48. The number of aliphatic hydroxyl groups is 1. The SMILES string of the molecule is COc1ccc(C(C)NC(C)c2cccc(CO)c2)cc1F. The third-order valence-corrected chi connectivity index (χ3v) is 3.81. The second-order valence-electron chi connectivity index (χ2n) is 5.41. The van der Waals surface area contributed by atoms with Gasteiger partial charge in [-0.1, -0.05) is 30.3 Å². The molecule has 2 aromatic carbocycles. The molecule has 3 nitrogen and oxygen atoms in total. The standard InChI is InChI=1S/C18H22FNO2/c1-12(15-6-4-5-14(9-15)11-21)20-13(2)16-7-8-18(22-3)17(19)10-16/h4-10,12-13,20-21H,11H2,1-3H3. The van der Waals surface area contributed by atoms with Crippen molar-refractivity contribution in [3.05, 3.63) is 65.0 Å². The maximum absolute atomic E-state index is 13.8. The van der Waals surface area contributed by atoms with E-state index < -0.39 is 0 Å². The second kappa shape index (κ2) is 7.38. The highest BCUT2D eigenvalue weighted by atomic mass is 19.1. The van der Waals surface area contributed by atoms with Crippen LogP contribution in [0.1, 0.15) is 42.6 Å². The van der Waals surface area contributed by atoms with Crippen LogP contribution in [0.4, 0.5) is 4.39 Å². The summed E-state index contributed by atoms with van der Waals surface area (Å²) in [5, 5.41) is 12.6. The first-order valence-corrected chi connectivity index (χ1v) is 7.34. The van der Waals surface area contributed by atoms with Crippen LogP contribution in [0.25, 0.3) is 0 Å². The number of halogens is 1. The summed E-state index contributed by atoms with van der Waals surface area (Å²) in [6.45, 7) is 4.07. The van der Waals surface area contributed by atoms with Gasteiger partial charge < -0.3 is 15.2 Å². The summed E-state index contributed by atoms with van der Waals surface area (Å²) in [5.41, 5.74) is 2.84. The lowest BCUT2D eigenvalue weighted by Gasteiger charge is -2.21. The van der Waals surface area contributed by atoms with Crippen molar-refractivity contribution < 1.29 is 14.2 Å². The monoisotopic (exact) mass is 303 g/mol. The summed E-state index contributed by atoms with van der Waals surface area (Å²) in [7, 11) is 1.45. The summed E-state index contributed by atoms with van der Waals surface area (Å²) in [4.78, 5) is 0. The van der Waals surface area contributed by atoms with Crippen LogP contribution in [0.5, 0.6) is 5.75 Å². The van der Waals surface area contributed by atoms with E-state index in [2.05, 4.69) is 5.32 Å². The van der Waals surface area contributed by atoms with Crippen molar-refractivity contribution in [1.82, 2.24) is 5.32 Å². The topological polar surface area (TPSA) is 41.5 Å². The Morgan fingerprint density at radius 3 is 2.36 bits per heavy atom. The average molecular weight is 303 g/mol. The van der Waals surface area contributed by atoms with Crippen LogP contribution >= 0.6 is 0 Å². The molecule has 0 radical (unpaired) electrons. The molecule has 0 spiro atoms. The van der Waals surface area contributed by atoms with Crippen molar-refractivity contribution in [2.75, 3.05) is 7.11 Å². The molecule has 2 rings (SSSR count). The number of ether oxygens (including phenoxy) is 1. The number of rotatable bonds is 6. The first kappa shape index (κ1) is 16.5. The van der Waals surface area contributed by atoms with Crippen molar-refractivity contribution in [1.29, 1.82) is 0 Å². The number of hydrogen-bond acceptors (Lipinski definition) is 3. The van der Waals surface area contributed by atoms with E-state index in [4.69, 9.17) is 4.74 Å². The van der Waals surface area contributed by atoms with Gasteiger partial charge in [0.2, 0.25) is 0 Å². The van der Waals surface area contributed by atoms with Crippen LogP contribution in [-0.2, 0) is 6.61 Å². The highest BCUT2D eigenvalue weighted by Crippen LogP contribution is 2.24. The molecule has 2 atom stereocenters. The fourth-order valence-electron chi connectivity index (χ4n) is 2.48. The molecule has 0 saturated heterocycles. The Hall–Kier alpha value is -1.91. The van der Waals surface area contributed by atoms with Crippen molar-refractivity contribution in [3.63, 3.8) is 0 Å². The van der Waals surface area contributed by atoms with Crippen molar-refractivity contribution in [2.24, 2.45) is 0 Å². The van der Waals surface area contributed by atoms with Crippen LogP contribution < -0.4 is 10.1 Å². The molecule has 0 bridgehead atoms.